The summed E-state index contributed by atoms with van der Waals surface area (Å²) in [4.78, 5) is 25.7. The standard InChI is InChI=1S/C46H70O20/c1-19-12-32(64-40(57)20(19)2)45(5,58)30-9-8-26-24-7-6-22-13-23(14-31(61-21(3)49)44(22,4)25(24)10-11-46(26,30)18-48)62-43-37(56)39(66-42-36(55)34(53)28(51)17-60-42)38(29(15-47)63-43)65-41-35(54)33(52)27(50)16-59-41/h6,23-39,41-43,47-48,50-56,58H,7-18H2,1-5H3. The second-order valence-corrected chi connectivity index (χ2v) is 20.6. The number of fused-ring (bicyclic) bond motifs is 5. The van der Waals surface area contributed by atoms with E-state index in [1.54, 1.807) is 13.8 Å². The minimum Gasteiger partial charge on any atom is -0.462 e. The first kappa shape index (κ1) is 50.2. The fraction of sp³-hybridized carbons (Fsp3) is 0.870. The van der Waals surface area contributed by atoms with Gasteiger partial charge in [-0.15, -0.1) is 0 Å². The van der Waals surface area contributed by atoms with Crippen molar-refractivity contribution in [1.82, 2.24) is 0 Å². The molecule has 23 atom stereocenters. The van der Waals surface area contributed by atoms with Gasteiger partial charge in [-0.2, -0.15) is 0 Å². The first-order chi connectivity index (χ1) is 31.2. The molecule has 6 fully saturated rings. The lowest BCUT2D eigenvalue weighted by Crippen LogP contribution is -2.66. The molecule has 0 bridgehead atoms. The zero-order valence-electron chi connectivity index (χ0n) is 38.2. The van der Waals surface area contributed by atoms with Gasteiger partial charge in [0.2, 0.25) is 0 Å². The Hall–Kier alpha value is -2.22. The van der Waals surface area contributed by atoms with Crippen molar-refractivity contribution in [3.63, 3.8) is 0 Å². The molecule has 4 aliphatic carbocycles. The molecule has 8 rings (SSSR count). The Morgan fingerprint density at radius 2 is 1.47 bits per heavy atom. The number of carbonyl (C=O) groups excluding carboxylic acids is 2. The lowest BCUT2D eigenvalue weighted by molar-refractivity contribution is -0.380. The first-order valence-electron chi connectivity index (χ1n) is 23.5. The molecular formula is C46H70O20. The zero-order valence-corrected chi connectivity index (χ0v) is 38.2. The Balaban J connectivity index is 1.04. The van der Waals surface area contributed by atoms with Gasteiger partial charge >= 0.3 is 11.9 Å². The molecule has 10 N–H and O–H groups in total. The maximum Gasteiger partial charge on any atom is 0.334 e. The summed E-state index contributed by atoms with van der Waals surface area (Å²) in [5, 5.41) is 109. The van der Waals surface area contributed by atoms with E-state index in [2.05, 4.69) is 13.0 Å². The van der Waals surface area contributed by atoms with Crippen LogP contribution < -0.4 is 0 Å². The second kappa shape index (κ2) is 19.2. The van der Waals surface area contributed by atoms with Crippen LogP contribution in [-0.4, -0.2) is 193 Å². The van der Waals surface area contributed by atoms with E-state index < -0.39 is 146 Å². The van der Waals surface area contributed by atoms with Crippen LogP contribution in [0.15, 0.2) is 22.8 Å². The fourth-order valence-electron chi connectivity index (χ4n) is 13.3. The molecule has 20 heteroatoms. The van der Waals surface area contributed by atoms with Gasteiger partial charge in [0.15, 0.2) is 18.9 Å². The summed E-state index contributed by atoms with van der Waals surface area (Å²) in [6.07, 6.45) is -16.8. The number of hydrogen-bond acceptors (Lipinski definition) is 20. The molecule has 3 saturated heterocycles. The average Bonchev–Trinajstić information content (AvgIpc) is 3.69. The minimum atomic E-state index is -1.80. The Bertz CT molecular complexity index is 1840. The number of esters is 2. The molecule has 0 radical (unpaired) electrons. The number of hydrogen-bond donors (Lipinski definition) is 10. The van der Waals surface area contributed by atoms with Gasteiger partial charge in [0.05, 0.1) is 25.9 Å². The molecule has 23 unspecified atom stereocenters. The molecule has 0 amide bonds. The third-order valence-electron chi connectivity index (χ3n) is 17.1. The highest BCUT2D eigenvalue weighted by atomic mass is 16.8. The first-order valence-corrected chi connectivity index (χ1v) is 23.5. The number of ether oxygens (including phenoxy) is 8. The summed E-state index contributed by atoms with van der Waals surface area (Å²) in [7, 11) is 0. The summed E-state index contributed by atoms with van der Waals surface area (Å²) in [6, 6.07) is 0. The van der Waals surface area contributed by atoms with Crippen LogP contribution in [0.3, 0.4) is 0 Å². The van der Waals surface area contributed by atoms with Crippen molar-refractivity contribution in [3.8, 4) is 0 Å². The molecule has 0 aromatic carbocycles. The molecule has 4 aliphatic heterocycles. The van der Waals surface area contributed by atoms with E-state index in [0.717, 1.165) is 17.6 Å². The predicted molar refractivity (Wildman–Crippen MR) is 223 cm³/mol. The number of aliphatic hydroxyl groups excluding tert-OH is 9. The third-order valence-corrected chi connectivity index (χ3v) is 17.1. The largest absolute Gasteiger partial charge is 0.462 e. The van der Waals surface area contributed by atoms with Crippen LogP contribution in [0.25, 0.3) is 0 Å². The van der Waals surface area contributed by atoms with Crippen molar-refractivity contribution in [2.45, 2.75) is 190 Å². The van der Waals surface area contributed by atoms with Crippen molar-refractivity contribution >= 4 is 11.9 Å². The zero-order chi connectivity index (χ0) is 47.8. The number of aliphatic hydroxyl groups is 10. The summed E-state index contributed by atoms with van der Waals surface area (Å²) < 4.78 is 47.6. The van der Waals surface area contributed by atoms with E-state index in [4.69, 9.17) is 37.9 Å². The van der Waals surface area contributed by atoms with Crippen LogP contribution in [0, 0.1) is 34.5 Å². The van der Waals surface area contributed by atoms with E-state index >= 15 is 0 Å². The second-order valence-electron chi connectivity index (χ2n) is 20.6. The molecule has 8 aliphatic rings. The van der Waals surface area contributed by atoms with Crippen LogP contribution in [0.1, 0.15) is 86.0 Å². The maximum absolute atomic E-state index is 12.9. The third kappa shape index (κ3) is 8.61. The maximum atomic E-state index is 12.9. The fourth-order valence-corrected chi connectivity index (χ4v) is 13.3. The van der Waals surface area contributed by atoms with E-state index in [-0.39, 0.29) is 36.7 Å². The van der Waals surface area contributed by atoms with Crippen LogP contribution in [-0.2, 0) is 47.5 Å². The Kier molecular flexibility index (Phi) is 14.6. The highest BCUT2D eigenvalue weighted by molar-refractivity contribution is 5.89. The van der Waals surface area contributed by atoms with Gasteiger partial charge in [-0.25, -0.2) is 4.79 Å². The van der Waals surface area contributed by atoms with Crippen molar-refractivity contribution in [3.05, 3.63) is 22.8 Å². The molecule has 66 heavy (non-hydrogen) atoms. The number of rotatable bonds is 11. The Labute approximate surface area is 383 Å². The van der Waals surface area contributed by atoms with E-state index in [1.807, 2.05) is 6.92 Å². The lowest BCUT2D eigenvalue weighted by Gasteiger charge is -2.61. The molecule has 0 aromatic heterocycles. The number of cyclic esters (lactones) is 1. The molecule has 4 heterocycles. The van der Waals surface area contributed by atoms with E-state index in [0.29, 0.717) is 44.1 Å². The molecule has 20 nitrogen and oxygen atoms in total. The van der Waals surface area contributed by atoms with Crippen LogP contribution in [0.4, 0.5) is 0 Å². The van der Waals surface area contributed by atoms with E-state index in [1.165, 1.54) is 6.92 Å². The summed E-state index contributed by atoms with van der Waals surface area (Å²) in [6.45, 7) is 6.99. The smallest absolute Gasteiger partial charge is 0.334 e. The van der Waals surface area contributed by atoms with Crippen molar-refractivity contribution in [1.29, 1.82) is 0 Å². The van der Waals surface area contributed by atoms with Gasteiger partial charge in [-0.1, -0.05) is 24.1 Å². The number of carbonyl (C=O) groups is 2. The summed E-state index contributed by atoms with van der Waals surface area (Å²) in [5.74, 6) is -1.21. The van der Waals surface area contributed by atoms with Gasteiger partial charge in [0.1, 0.15) is 78.8 Å². The lowest BCUT2D eigenvalue weighted by atomic mass is 9.45. The van der Waals surface area contributed by atoms with Crippen LogP contribution >= 0.6 is 0 Å². The molecule has 0 spiro atoms. The quantitative estimate of drug-likeness (QED) is 0.0841. The van der Waals surface area contributed by atoms with Crippen molar-refractivity contribution < 1.29 is 98.5 Å². The van der Waals surface area contributed by atoms with Crippen LogP contribution in [0.5, 0.6) is 0 Å². The topological polar surface area (TPSA) is 310 Å². The highest BCUT2D eigenvalue weighted by Crippen LogP contribution is 2.68. The van der Waals surface area contributed by atoms with Crippen LogP contribution in [0.2, 0.25) is 0 Å². The SMILES string of the molecule is CC(=O)OC1CC(OC2OC(CO)C(OC3OCC(O)C(O)C3O)C(OC3OCC(O)C(O)C3O)C2O)CC2=CCC3C4CCC(C(C)(O)C5CC(C)=C(C)C(=O)O5)C4(CO)CCC3C21C. The summed E-state index contributed by atoms with van der Waals surface area (Å²) >= 11 is 0. The molecule has 0 aromatic rings. The average molecular weight is 943 g/mol. The monoisotopic (exact) mass is 942 g/mol. The normalized spacial score (nSPS) is 49.4. The van der Waals surface area contributed by atoms with Gasteiger partial charge < -0.3 is 89.0 Å². The summed E-state index contributed by atoms with van der Waals surface area (Å²) in [5.41, 5.74) is -0.322. The van der Waals surface area contributed by atoms with Crippen molar-refractivity contribution in [2.24, 2.45) is 34.5 Å². The van der Waals surface area contributed by atoms with E-state index in [9.17, 15) is 60.7 Å². The molecular weight excluding hydrogens is 872 g/mol. The van der Waals surface area contributed by atoms with Gasteiger partial charge in [-0.3, -0.25) is 4.79 Å². The van der Waals surface area contributed by atoms with Gasteiger partial charge in [0, 0.05) is 42.8 Å². The van der Waals surface area contributed by atoms with Gasteiger partial charge in [-0.05, 0) is 83.0 Å². The molecule has 3 saturated carbocycles. The van der Waals surface area contributed by atoms with Crippen molar-refractivity contribution in [2.75, 3.05) is 26.4 Å². The molecule has 374 valence electrons. The Morgan fingerprint density at radius 1 is 0.833 bits per heavy atom. The minimum absolute atomic E-state index is 0.00904. The Morgan fingerprint density at radius 3 is 2.06 bits per heavy atom. The predicted octanol–water partition coefficient (Wildman–Crippen LogP) is -1.41. The number of allylic oxidation sites excluding steroid dienone is 1. The van der Waals surface area contributed by atoms with Gasteiger partial charge in [0.25, 0.3) is 0 Å². The highest BCUT2D eigenvalue weighted by Gasteiger charge is 2.66.